The molecule has 0 spiro atoms. The molecule has 0 aromatic rings. The van der Waals surface area contributed by atoms with E-state index in [9.17, 15) is 9.59 Å². The summed E-state index contributed by atoms with van der Waals surface area (Å²) in [5.74, 6) is -2.45. The Morgan fingerprint density at radius 3 is 2.18 bits per heavy atom. The first-order valence-electron chi connectivity index (χ1n) is 3.30. The number of carboxylic acid groups (broad SMARTS) is 2. The van der Waals surface area contributed by atoms with E-state index >= 15 is 0 Å². The zero-order valence-corrected chi connectivity index (χ0v) is 5.78. The highest BCUT2D eigenvalue weighted by molar-refractivity contribution is 5.77. The number of aliphatic carboxylic acids is 2. The number of hydrogen-bond acceptors (Lipinski definition) is 3. The Morgan fingerprint density at radius 1 is 1.27 bits per heavy atom. The Balaban J connectivity index is 2.47. The highest BCUT2D eigenvalue weighted by atomic mass is 16.4. The normalized spacial score (nSPS) is 30.2. The van der Waals surface area contributed by atoms with E-state index < -0.39 is 23.9 Å². The molecule has 62 valence electrons. The molecule has 2 atom stereocenters. The Labute approximate surface area is 63.0 Å². The zero-order chi connectivity index (χ0) is 8.43. The minimum atomic E-state index is -0.978. The van der Waals surface area contributed by atoms with Gasteiger partial charge in [-0.2, -0.15) is 0 Å². The Hall–Kier alpha value is -1.10. The molecule has 0 aromatic heterocycles. The standard InChI is InChI=1S/C6H9NO4/c8-5(9)3-1-4(6(10)11)7-2-3/h3-4,7H,1-2H2,(H,8,9)(H,10,11)/t3-,4-/m1/s1. The molecule has 1 heterocycles. The molecule has 0 aliphatic carbocycles. The first kappa shape index (κ1) is 8.00. The second kappa shape index (κ2) is 2.87. The lowest BCUT2D eigenvalue weighted by molar-refractivity contribution is -0.141. The average molecular weight is 159 g/mol. The molecule has 1 aliphatic rings. The lowest BCUT2D eigenvalue weighted by atomic mass is 10.1. The highest BCUT2D eigenvalue weighted by Crippen LogP contribution is 2.13. The van der Waals surface area contributed by atoms with Crippen molar-refractivity contribution in [3.05, 3.63) is 0 Å². The van der Waals surface area contributed by atoms with Gasteiger partial charge in [0.1, 0.15) is 6.04 Å². The Kier molecular flexibility index (Phi) is 2.09. The third-order valence-corrected chi connectivity index (χ3v) is 1.78. The van der Waals surface area contributed by atoms with Crippen molar-refractivity contribution in [3.63, 3.8) is 0 Å². The monoisotopic (exact) mass is 159 g/mol. The molecule has 0 saturated carbocycles. The van der Waals surface area contributed by atoms with E-state index in [1.165, 1.54) is 0 Å². The van der Waals surface area contributed by atoms with Gasteiger partial charge in [0.2, 0.25) is 0 Å². The largest absolute Gasteiger partial charge is 0.481 e. The van der Waals surface area contributed by atoms with Gasteiger partial charge in [0, 0.05) is 6.54 Å². The summed E-state index contributed by atoms with van der Waals surface area (Å²) >= 11 is 0. The van der Waals surface area contributed by atoms with Gasteiger partial charge in [-0.05, 0) is 6.42 Å². The van der Waals surface area contributed by atoms with E-state index in [0.717, 1.165) is 0 Å². The van der Waals surface area contributed by atoms with Crippen molar-refractivity contribution in [2.45, 2.75) is 12.5 Å². The third-order valence-electron chi connectivity index (χ3n) is 1.78. The number of nitrogens with one attached hydrogen (secondary N) is 1. The molecule has 0 radical (unpaired) electrons. The molecular weight excluding hydrogens is 150 g/mol. The van der Waals surface area contributed by atoms with Crippen LogP contribution in [0.15, 0.2) is 0 Å². The van der Waals surface area contributed by atoms with Crippen LogP contribution in [-0.4, -0.2) is 34.7 Å². The molecule has 1 rings (SSSR count). The van der Waals surface area contributed by atoms with E-state index in [-0.39, 0.29) is 13.0 Å². The molecule has 1 aliphatic heterocycles. The van der Waals surface area contributed by atoms with Crippen LogP contribution in [0, 0.1) is 5.92 Å². The van der Waals surface area contributed by atoms with E-state index in [1.54, 1.807) is 0 Å². The third kappa shape index (κ3) is 1.68. The molecule has 1 saturated heterocycles. The van der Waals surface area contributed by atoms with Crippen LogP contribution >= 0.6 is 0 Å². The average Bonchev–Trinajstić information content (AvgIpc) is 2.33. The smallest absolute Gasteiger partial charge is 0.320 e. The number of carboxylic acids is 2. The van der Waals surface area contributed by atoms with Crippen LogP contribution in [0.2, 0.25) is 0 Å². The van der Waals surface area contributed by atoms with E-state index in [1.807, 2.05) is 0 Å². The lowest BCUT2D eigenvalue weighted by Gasteiger charge is -2.00. The highest BCUT2D eigenvalue weighted by Gasteiger charge is 2.32. The first-order valence-corrected chi connectivity index (χ1v) is 3.30. The van der Waals surface area contributed by atoms with Crippen molar-refractivity contribution in [1.82, 2.24) is 5.32 Å². The molecule has 0 amide bonds. The summed E-state index contributed by atoms with van der Waals surface area (Å²) in [4.78, 5) is 20.7. The lowest BCUT2D eigenvalue weighted by Crippen LogP contribution is -2.29. The molecule has 3 N–H and O–H groups in total. The minimum Gasteiger partial charge on any atom is -0.481 e. The van der Waals surface area contributed by atoms with Gasteiger partial charge in [0.15, 0.2) is 0 Å². The van der Waals surface area contributed by atoms with Crippen LogP contribution in [-0.2, 0) is 9.59 Å². The summed E-state index contributed by atoms with van der Waals surface area (Å²) in [5, 5.41) is 19.5. The maximum Gasteiger partial charge on any atom is 0.320 e. The zero-order valence-electron chi connectivity index (χ0n) is 5.78. The topological polar surface area (TPSA) is 86.6 Å². The summed E-state index contributed by atoms with van der Waals surface area (Å²) < 4.78 is 0. The van der Waals surface area contributed by atoms with Gasteiger partial charge >= 0.3 is 11.9 Å². The molecule has 5 nitrogen and oxygen atoms in total. The fraction of sp³-hybridized carbons (Fsp3) is 0.667. The van der Waals surface area contributed by atoms with Crippen LogP contribution in [0.3, 0.4) is 0 Å². The number of rotatable bonds is 2. The predicted octanol–water partition coefficient (Wildman–Crippen LogP) is -0.866. The first-order chi connectivity index (χ1) is 5.11. The summed E-state index contributed by atoms with van der Waals surface area (Å²) in [6, 6.07) is -0.684. The molecular formula is C6H9NO4. The molecule has 1 fully saturated rings. The van der Waals surface area contributed by atoms with E-state index in [0.29, 0.717) is 0 Å². The van der Waals surface area contributed by atoms with E-state index in [2.05, 4.69) is 5.32 Å². The van der Waals surface area contributed by atoms with Crippen molar-refractivity contribution in [2.75, 3.05) is 6.54 Å². The van der Waals surface area contributed by atoms with Crippen LogP contribution in [0.5, 0.6) is 0 Å². The Morgan fingerprint density at radius 2 is 1.91 bits per heavy atom. The molecule has 0 unspecified atom stereocenters. The van der Waals surface area contributed by atoms with Crippen LogP contribution in [0.1, 0.15) is 6.42 Å². The van der Waals surface area contributed by atoms with Crippen molar-refractivity contribution in [1.29, 1.82) is 0 Å². The Bertz CT molecular complexity index is 171. The van der Waals surface area contributed by atoms with Crippen LogP contribution in [0.25, 0.3) is 0 Å². The SMILES string of the molecule is O=C(O)[C@H]1CN[C@@H](C(=O)O)C1. The van der Waals surface area contributed by atoms with Crippen LogP contribution in [0.4, 0.5) is 0 Å². The maximum absolute atomic E-state index is 10.3. The predicted molar refractivity (Wildman–Crippen MR) is 35.2 cm³/mol. The van der Waals surface area contributed by atoms with E-state index in [4.69, 9.17) is 10.2 Å². The van der Waals surface area contributed by atoms with Gasteiger partial charge in [-0.3, -0.25) is 9.59 Å². The molecule has 0 bridgehead atoms. The summed E-state index contributed by atoms with van der Waals surface area (Å²) in [5.41, 5.74) is 0. The van der Waals surface area contributed by atoms with Gasteiger partial charge in [-0.25, -0.2) is 0 Å². The molecule has 11 heavy (non-hydrogen) atoms. The molecule has 5 heteroatoms. The molecule has 0 aromatic carbocycles. The fourth-order valence-electron chi connectivity index (χ4n) is 1.11. The van der Waals surface area contributed by atoms with Gasteiger partial charge in [-0.1, -0.05) is 0 Å². The van der Waals surface area contributed by atoms with Crippen molar-refractivity contribution in [2.24, 2.45) is 5.92 Å². The fourth-order valence-corrected chi connectivity index (χ4v) is 1.11. The van der Waals surface area contributed by atoms with Crippen molar-refractivity contribution >= 4 is 11.9 Å². The number of carbonyl (C=O) groups is 2. The van der Waals surface area contributed by atoms with Gasteiger partial charge in [-0.15, -0.1) is 0 Å². The van der Waals surface area contributed by atoms with Gasteiger partial charge in [0.25, 0.3) is 0 Å². The summed E-state index contributed by atoms with van der Waals surface area (Å²) in [6.45, 7) is 0.256. The second-order valence-corrected chi connectivity index (χ2v) is 2.57. The maximum atomic E-state index is 10.3. The van der Waals surface area contributed by atoms with Crippen LogP contribution < -0.4 is 5.32 Å². The van der Waals surface area contributed by atoms with Crippen molar-refractivity contribution in [3.8, 4) is 0 Å². The van der Waals surface area contributed by atoms with Crippen molar-refractivity contribution < 1.29 is 19.8 Å². The summed E-state index contributed by atoms with van der Waals surface area (Å²) in [7, 11) is 0. The summed E-state index contributed by atoms with van der Waals surface area (Å²) in [6.07, 6.45) is 0.185. The van der Waals surface area contributed by atoms with Gasteiger partial charge < -0.3 is 15.5 Å². The minimum absolute atomic E-state index is 0.185. The quantitative estimate of drug-likeness (QED) is 0.487. The second-order valence-electron chi connectivity index (χ2n) is 2.57. The van der Waals surface area contributed by atoms with Gasteiger partial charge in [0.05, 0.1) is 5.92 Å². The number of hydrogen-bond donors (Lipinski definition) is 3.